The van der Waals surface area contributed by atoms with Crippen molar-refractivity contribution < 1.29 is 9.32 Å². The van der Waals surface area contributed by atoms with Crippen LogP contribution in [0.4, 0.5) is 0 Å². The number of nitrogens with zero attached hydrogens (tertiary/aromatic N) is 3. The molecule has 0 spiro atoms. The van der Waals surface area contributed by atoms with Crippen LogP contribution in [-0.2, 0) is 17.6 Å². The number of hydrogen-bond donors (Lipinski definition) is 0. The Labute approximate surface area is 128 Å². The van der Waals surface area contributed by atoms with Gasteiger partial charge in [0.15, 0.2) is 5.82 Å². The van der Waals surface area contributed by atoms with E-state index >= 15 is 0 Å². The molecule has 1 amide bonds. The van der Waals surface area contributed by atoms with Gasteiger partial charge in [0.2, 0.25) is 11.8 Å². The number of rotatable bonds is 5. The van der Waals surface area contributed by atoms with Gasteiger partial charge in [-0.05, 0) is 41.7 Å². The van der Waals surface area contributed by atoms with E-state index in [1.165, 1.54) is 0 Å². The molecule has 3 rings (SSSR count). The van der Waals surface area contributed by atoms with Crippen molar-refractivity contribution in [3.8, 4) is 0 Å². The van der Waals surface area contributed by atoms with Crippen LogP contribution in [0.2, 0.25) is 0 Å². The minimum absolute atomic E-state index is 0.236. The molecule has 21 heavy (non-hydrogen) atoms. The Morgan fingerprint density at radius 1 is 1.57 bits per heavy atom. The smallest absolute Gasteiger partial charge is 0.227 e. The quantitative estimate of drug-likeness (QED) is 0.852. The Kier molecular flexibility index (Phi) is 4.34. The largest absolute Gasteiger partial charge is 0.340 e. The normalized spacial score (nSPS) is 18.3. The minimum atomic E-state index is 0.236. The van der Waals surface area contributed by atoms with E-state index in [1.807, 2.05) is 21.7 Å². The number of aromatic nitrogens is 2. The van der Waals surface area contributed by atoms with Gasteiger partial charge in [0.25, 0.3) is 0 Å². The van der Waals surface area contributed by atoms with Gasteiger partial charge in [-0.1, -0.05) is 5.16 Å². The van der Waals surface area contributed by atoms with Crippen molar-refractivity contribution in [3.05, 3.63) is 34.1 Å². The van der Waals surface area contributed by atoms with Gasteiger partial charge in [-0.3, -0.25) is 4.79 Å². The van der Waals surface area contributed by atoms with Crippen LogP contribution in [0.15, 0.2) is 21.3 Å². The minimum Gasteiger partial charge on any atom is -0.340 e. The third kappa shape index (κ3) is 3.50. The molecule has 1 aliphatic heterocycles. The topological polar surface area (TPSA) is 59.2 Å². The van der Waals surface area contributed by atoms with Crippen LogP contribution in [0.3, 0.4) is 0 Å². The maximum absolute atomic E-state index is 12.4. The van der Waals surface area contributed by atoms with Crippen molar-refractivity contribution in [2.45, 2.75) is 45.1 Å². The van der Waals surface area contributed by atoms with Crippen LogP contribution < -0.4 is 0 Å². The van der Waals surface area contributed by atoms with E-state index in [9.17, 15) is 4.79 Å². The second kappa shape index (κ2) is 6.39. The van der Waals surface area contributed by atoms with E-state index < -0.39 is 0 Å². The number of carbonyl (C=O) groups excluding carboxylic acids is 1. The molecular weight excluding hydrogens is 286 g/mol. The standard InChI is InChI=1S/C15H19N3O2S/c1-11-16-14(17-20-11)5-4-13-3-2-7-18(13)15(19)9-12-6-8-21-10-12/h6,8,10,13H,2-5,7,9H2,1H3. The lowest BCUT2D eigenvalue weighted by atomic mass is 10.1. The van der Waals surface area contributed by atoms with Gasteiger partial charge in [0.05, 0.1) is 6.42 Å². The van der Waals surface area contributed by atoms with Crippen LogP contribution in [0.5, 0.6) is 0 Å². The summed E-state index contributed by atoms with van der Waals surface area (Å²) in [6, 6.07) is 2.34. The van der Waals surface area contributed by atoms with Crippen molar-refractivity contribution in [1.29, 1.82) is 0 Å². The van der Waals surface area contributed by atoms with E-state index in [1.54, 1.807) is 18.3 Å². The summed E-state index contributed by atoms with van der Waals surface area (Å²) in [6.45, 7) is 2.67. The molecule has 0 radical (unpaired) electrons. The molecule has 3 heterocycles. The first-order valence-electron chi connectivity index (χ1n) is 7.32. The highest BCUT2D eigenvalue weighted by Crippen LogP contribution is 2.23. The molecule has 6 heteroatoms. The zero-order valence-electron chi connectivity index (χ0n) is 12.1. The average molecular weight is 305 g/mol. The molecule has 1 fully saturated rings. The van der Waals surface area contributed by atoms with Crippen LogP contribution in [0.25, 0.3) is 0 Å². The summed E-state index contributed by atoms with van der Waals surface area (Å²) in [5, 5.41) is 7.98. The van der Waals surface area contributed by atoms with Crippen LogP contribution in [0.1, 0.15) is 36.5 Å². The lowest BCUT2D eigenvalue weighted by Crippen LogP contribution is -2.36. The predicted molar refractivity (Wildman–Crippen MR) is 80.1 cm³/mol. The lowest BCUT2D eigenvalue weighted by molar-refractivity contribution is -0.131. The molecule has 112 valence electrons. The van der Waals surface area contributed by atoms with Crippen LogP contribution in [0, 0.1) is 6.92 Å². The molecule has 0 aliphatic carbocycles. The highest BCUT2D eigenvalue weighted by Gasteiger charge is 2.28. The SMILES string of the molecule is Cc1nc(CCC2CCCN2C(=O)Cc2ccsc2)no1. The predicted octanol–water partition coefficient (Wildman–Crippen LogP) is 2.61. The van der Waals surface area contributed by atoms with Crippen molar-refractivity contribution >= 4 is 17.2 Å². The zero-order valence-corrected chi connectivity index (χ0v) is 12.9. The molecule has 1 unspecified atom stereocenters. The first-order chi connectivity index (χ1) is 10.2. The Morgan fingerprint density at radius 3 is 3.19 bits per heavy atom. The first kappa shape index (κ1) is 14.3. The summed E-state index contributed by atoms with van der Waals surface area (Å²) in [6.07, 6.45) is 4.36. The lowest BCUT2D eigenvalue weighted by Gasteiger charge is -2.24. The summed E-state index contributed by atoms with van der Waals surface area (Å²) < 4.78 is 4.98. The van der Waals surface area contributed by atoms with E-state index in [0.29, 0.717) is 18.4 Å². The average Bonchev–Trinajstić information content (AvgIpc) is 3.17. The molecule has 2 aromatic rings. The van der Waals surface area contributed by atoms with Gasteiger partial charge in [-0.15, -0.1) is 0 Å². The number of hydrogen-bond acceptors (Lipinski definition) is 5. The number of likely N-dealkylation sites (tertiary alicyclic amines) is 1. The Balaban J connectivity index is 1.56. The molecule has 0 N–H and O–H groups in total. The molecule has 5 nitrogen and oxygen atoms in total. The molecule has 2 aromatic heterocycles. The fourth-order valence-electron chi connectivity index (χ4n) is 2.87. The Hall–Kier alpha value is -1.69. The highest BCUT2D eigenvalue weighted by molar-refractivity contribution is 7.07. The summed E-state index contributed by atoms with van der Waals surface area (Å²) in [5.74, 6) is 1.58. The van der Waals surface area contributed by atoms with Gasteiger partial charge >= 0.3 is 0 Å². The number of amides is 1. The fraction of sp³-hybridized carbons (Fsp3) is 0.533. The summed E-state index contributed by atoms with van der Waals surface area (Å²) in [5.41, 5.74) is 1.12. The zero-order chi connectivity index (χ0) is 14.7. The Morgan fingerprint density at radius 2 is 2.48 bits per heavy atom. The monoisotopic (exact) mass is 305 g/mol. The van der Waals surface area contributed by atoms with Crippen molar-refractivity contribution in [3.63, 3.8) is 0 Å². The van der Waals surface area contributed by atoms with Crippen molar-refractivity contribution in [1.82, 2.24) is 15.0 Å². The third-order valence-electron chi connectivity index (χ3n) is 3.90. The van der Waals surface area contributed by atoms with E-state index in [4.69, 9.17) is 4.52 Å². The van der Waals surface area contributed by atoms with Crippen LogP contribution >= 0.6 is 11.3 Å². The summed E-state index contributed by atoms with van der Waals surface area (Å²) in [4.78, 5) is 18.7. The highest BCUT2D eigenvalue weighted by atomic mass is 32.1. The van der Waals surface area contributed by atoms with Gasteiger partial charge in [0, 0.05) is 25.9 Å². The van der Waals surface area contributed by atoms with Crippen molar-refractivity contribution in [2.24, 2.45) is 0 Å². The van der Waals surface area contributed by atoms with Crippen molar-refractivity contribution in [2.75, 3.05) is 6.54 Å². The molecule has 1 aliphatic rings. The third-order valence-corrected chi connectivity index (χ3v) is 4.64. The first-order valence-corrected chi connectivity index (χ1v) is 8.26. The van der Waals surface area contributed by atoms with Gasteiger partial charge < -0.3 is 9.42 Å². The second-order valence-corrected chi connectivity index (χ2v) is 6.24. The maximum Gasteiger partial charge on any atom is 0.227 e. The maximum atomic E-state index is 12.4. The van der Waals surface area contributed by atoms with Gasteiger partial charge in [-0.25, -0.2) is 0 Å². The fourth-order valence-corrected chi connectivity index (χ4v) is 3.54. The van der Waals surface area contributed by atoms with E-state index in [2.05, 4.69) is 10.1 Å². The Bertz CT molecular complexity index is 594. The molecule has 1 saturated heterocycles. The second-order valence-electron chi connectivity index (χ2n) is 5.46. The number of carbonyl (C=O) groups is 1. The molecular formula is C15H19N3O2S. The van der Waals surface area contributed by atoms with E-state index in [-0.39, 0.29) is 5.91 Å². The molecule has 1 atom stereocenters. The molecule has 0 saturated carbocycles. The van der Waals surface area contributed by atoms with E-state index in [0.717, 1.165) is 43.6 Å². The molecule has 0 aromatic carbocycles. The van der Waals surface area contributed by atoms with Crippen LogP contribution in [-0.4, -0.2) is 33.5 Å². The van der Waals surface area contributed by atoms with Gasteiger partial charge in [-0.2, -0.15) is 16.3 Å². The van der Waals surface area contributed by atoms with Gasteiger partial charge in [0.1, 0.15) is 0 Å². The summed E-state index contributed by atoms with van der Waals surface area (Å²) in [7, 11) is 0. The number of thiophene rings is 1. The number of aryl methyl sites for hydroxylation is 2. The summed E-state index contributed by atoms with van der Waals surface area (Å²) >= 11 is 1.64. The molecule has 0 bridgehead atoms.